The second-order valence-corrected chi connectivity index (χ2v) is 18.0. The van der Waals surface area contributed by atoms with Gasteiger partial charge in [-0.25, -0.2) is 4.99 Å². The highest BCUT2D eigenvalue weighted by molar-refractivity contribution is 8.00. The number of aliphatic imine (C=N–C) groups is 1. The fraction of sp³-hybridized carbons (Fsp3) is 0.189. The molecule has 4 aliphatic carbocycles. The van der Waals surface area contributed by atoms with E-state index in [1.807, 2.05) is 11.8 Å². The van der Waals surface area contributed by atoms with E-state index in [0.29, 0.717) is 17.1 Å². The molecule has 0 bridgehead atoms. The molecule has 0 saturated heterocycles. The van der Waals surface area contributed by atoms with Crippen molar-refractivity contribution >= 4 is 61.4 Å². The molecule has 6 atom stereocenters. The minimum Gasteiger partial charge on any atom is -0.297 e. The molecule has 5 aromatic carbocycles. The van der Waals surface area contributed by atoms with E-state index in [1.54, 1.807) is 0 Å². The molecule has 2 aliphatic heterocycles. The Morgan fingerprint density at radius 2 is 1.59 bits per heavy atom. The van der Waals surface area contributed by atoms with Gasteiger partial charge in [-0.3, -0.25) is 4.57 Å². The Morgan fingerprint density at radius 3 is 2.55 bits per heavy atom. The minimum atomic E-state index is -0.0745. The summed E-state index contributed by atoms with van der Waals surface area (Å²) in [5.74, 6) is 2.43. The third-order valence-electron chi connectivity index (χ3n) is 13.6. The van der Waals surface area contributed by atoms with Crippen molar-refractivity contribution in [2.45, 2.75) is 48.7 Å². The average molecular weight is 739 g/mol. The van der Waals surface area contributed by atoms with E-state index in [4.69, 9.17) is 4.99 Å². The van der Waals surface area contributed by atoms with Gasteiger partial charge in [0.15, 0.2) is 0 Å². The largest absolute Gasteiger partial charge is 0.297 e. The number of hydrogen-bond acceptors (Lipinski definition) is 2. The van der Waals surface area contributed by atoms with Crippen LogP contribution in [0.1, 0.15) is 54.4 Å². The highest BCUT2D eigenvalue weighted by Crippen LogP contribution is 2.55. The van der Waals surface area contributed by atoms with Gasteiger partial charge in [0.1, 0.15) is 5.84 Å². The summed E-state index contributed by atoms with van der Waals surface area (Å²) in [6, 6.07) is 36.7. The smallest absolute Gasteiger partial charge is 0.122 e. The zero-order valence-corrected chi connectivity index (χ0v) is 32.5. The molecular weight excluding hydrogens is 697 g/mol. The first-order valence-corrected chi connectivity index (χ1v) is 21.2. The number of allylic oxidation sites excluding steroid dienone is 13. The summed E-state index contributed by atoms with van der Waals surface area (Å²) in [4.78, 5) is 7.11. The molecule has 0 fully saturated rings. The molecule has 0 amide bonds. The fourth-order valence-electron chi connectivity index (χ4n) is 10.9. The maximum atomic E-state index is 5.67. The molecule has 3 heteroatoms. The van der Waals surface area contributed by atoms with Crippen molar-refractivity contribution in [1.82, 2.24) is 4.57 Å². The summed E-state index contributed by atoms with van der Waals surface area (Å²) in [6.45, 7) is 4.78. The van der Waals surface area contributed by atoms with Gasteiger partial charge >= 0.3 is 0 Å². The van der Waals surface area contributed by atoms with Crippen molar-refractivity contribution < 1.29 is 0 Å². The second kappa shape index (κ2) is 12.2. The Labute approximate surface area is 332 Å². The van der Waals surface area contributed by atoms with Crippen LogP contribution < -0.4 is 0 Å². The van der Waals surface area contributed by atoms with E-state index in [0.717, 1.165) is 24.4 Å². The number of benzene rings is 5. The molecule has 2 nitrogen and oxygen atoms in total. The van der Waals surface area contributed by atoms with Crippen molar-refractivity contribution in [3.05, 3.63) is 197 Å². The molecule has 0 spiro atoms. The van der Waals surface area contributed by atoms with Gasteiger partial charge in [0, 0.05) is 44.1 Å². The van der Waals surface area contributed by atoms with Crippen molar-refractivity contribution in [3.63, 3.8) is 0 Å². The Morgan fingerprint density at radius 1 is 0.750 bits per heavy atom. The van der Waals surface area contributed by atoms with Crippen molar-refractivity contribution in [1.29, 1.82) is 0 Å². The predicted molar refractivity (Wildman–Crippen MR) is 237 cm³/mol. The highest BCUT2D eigenvalue weighted by atomic mass is 32.2. The second-order valence-electron chi connectivity index (χ2n) is 16.8. The predicted octanol–water partition coefficient (Wildman–Crippen LogP) is 13.6. The van der Waals surface area contributed by atoms with E-state index in [-0.39, 0.29) is 17.3 Å². The third kappa shape index (κ3) is 4.67. The van der Waals surface area contributed by atoms with Crippen molar-refractivity contribution in [2.75, 3.05) is 0 Å². The zero-order valence-electron chi connectivity index (χ0n) is 31.7. The molecule has 0 radical (unpaired) electrons. The maximum Gasteiger partial charge on any atom is 0.122 e. The van der Waals surface area contributed by atoms with Crippen LogP contribution in [-0.2, 0) is 6.42 Å². The van der Waals surface area contributed by atoms with Crippen LogP contribution in [0.5, 0.6) is 0 Å². The Balaban J connectivity index is 1.11. The molecule has 6 aromatic rings. The van der Waals surface area contributed by atoms with Crippen molar-refractivity contribution in [3.8, 4) is 0 Å². The summed E-state index contributed by atoms with van der Waals surface area (Å²) in [5, 5.41) is 5.59. The number of fused-ring (bicyclic) bond motifs is 11. The first-order valence-electron chi connectivity index (χ1n) is 20.3. The number of thioether (sulfide) groups is 1. The number of hydrogen-bond donors (Lipinski definition) is 0. The van der Waals surface area contributed by atoms with Gasteiger partial charge in [0.05, 0.1) is 16.7 Å². The van der Waals surface area contributed by atoms with Crippen LogP contribution in [0.4, 0.5) is 5.69 Å². The number of para-hydroxylation sites is 1. The first kappa shape index (κ1) is 32.6. The van der Waals surface area contributed by atoms with Gasteiger partial charge in [-0.15, -0.1) is 11.8 Å². The van der Waals surface area contributed by atoms with Gasteiger partial charge in [0.25, 0.3) is 0 Å². The quantitative estimate of drug-likeness (QED) is 0.173. The molecule has 0 saturated carbocycles. The molecule has 0 N–H and O–H groups in total. The van der Waals surface area contributed by atoms with Crippen LogP contribution in [0.15, 0.2) is 185 Å². The lowest BCUT2D eigenvalue weighted by molar-refractivity contribution is 0.431. The lowest BCUT2D eigenvalue weighted by atomic mass is 9.59. The minimum absolute atomic E-state index is 0.0745. The van der Waals surface area contributed by atoms with Gasteiger partial charge in [-0.2, -0.15) is 0 Å². The Kier molecular flexibility index (Phi) is 7.09. The standard InChI is InChI=1S/C53H42N2S/c1-32-21-24-44-36(28-32)31-41(45-18-9-10-27-53(44,45)2)34-23-25-47-43(29-34)50-37-14-5-3-12-33(37)22-26-48(50)55(47)52-42(30-35-13-4-7-19-46(35)54-52)40-17-11-16-39-38-15-6-8-20-49(38)56-51(39)40/h3-27,29,31-32,38,42,45,49H,28,30H2,1-2H3. The lowest BCUT2D eigenvalue weighted by Gasteiger charge is -2.44. The van der Waals surface area contributed by atoms with Gasteiger partial charge in [-0.1, -0.05) is 153 Å². The van der Waals surface area contributed by atoms with Crippen LogP contribution in [0.2, 0.25) is 0 Å². The molecule has 3 heterocycles. The number of rotatable bonds is 2. The number of nitrogens with zero attached hydrogens (tertiary/aromatic N) is 2. The third-order valence-corrected chi connectivity index (χ3v) is 15.0. The van der Waals surface area contributed by atoms with Crippen LogP contribution >= 0.6 is 11.8 Å². The van der Waals surface area contributed by atoms with E-state index < -0.39 is 0 Å². The molecule has 6 unspecified atom stereocenters. The normalized spacial score (nSPS) is 26.9. The topological polar surface area (TPSA) is 17.3 Å². The molecule has 6 aliphatic rings. The van der Waals surface area contributed by atoms with Crippen LogP contribution in [0.25, 0.3) is 38.2 Å². The molecule has 1 aromatic heterocycles. The van der Waals surface area contributed by atoms with E-state index in [9.17, 15) is 0 Å². The molecule has 12 rings (SSSR count). The maximum absolute atomic E-state index is 5.67. The van der Waals surface area contributed by atoms with Crippen molar-refractivity contribution in [2.24, 2.45) is 22.2 Å². The molecule has 270 valence electrons. The first-order chi connectivity index (χ1) is 27.5. The molecular formula is C53H42N2S. The van der Waals surface area contributed by atoms with Gasteiger partial charge in [-0.05, 0) is 92.8 Å². The van der Waals surface area contributed by atoms with Gasteiger partial charge < -0.3 is 0 Å². The Hall–Kier alpha value is -5.64. The summed E-state index contributed by atoms with van der Waals surface area (Å²) < 4.78 is 2.53. The highest BCUT2D eigenvalue weighted by Gasteiger charge is 2.42. The van der Waals surface area contributed by atoms with E-state index >= 15 is 0 Å². The summed E-state index contributed by atoms with van der Waals surface area (Å²) >= 11 is 2.04. The van der Waals surface area contributed by atoms with Crippen LogP contribution in [0, 0.1) is 17.3 Å². The fourth-order valence-corrected chi connectivity index (χ4v) is 12.4. The van der Waals surface area contributed by atoms with Gasteiger partial charge in [0.2, 0.25) is 0 Å². The number of aromatic nitrogens is 1. The molecule has 56 heavy (non-hydrogen) atoms. The zero-order chi connectivity index (χ0) is 37.1. The lowest BCUT2D eigenvalue weighted by Crippen LogP contribution is -2.32. The SMILES string of the molecule is CC1C=CC2=C(C=C(c3ccc4c(c3)c3c5ccccc5ccc3n4C3=Nc4ccccc4CC3c3cccc4c3SC3C=CC=CC43)C3C=CC=CC23C)C1. The van der Waals surface area contributed by atoms with E-state index in [2.05, 4.69) is 182 Å². The van der Waals surface area contributed by atoms with Crippen LogP contribution in [-0.4, -0.2) is 15.7 Å². The summed E-state index contributed by atoms with van der Waals surface area (Å²) in [7, 11) is 0. The average Bonchev–Trinajstić information content (AvgIpc) is 3.78. The van der Waals surface area contributed by atoms with E-state index in [1.165, 1.54) is 76.4 Å². The summed E-state index contributed by atoms with van der Waals surface area (Å²) in [6.07, 6.45) is 27.9. The van der Waals surface area contributed by atoms with Crippen LogP contribution in [0.3, 0.4) is 0 Å². The monoisotopic (exact) mass is 738 g/mol. The Bertz CT molecular complexity index is 2960. The summed E-state index contributed by atoms with van der Waals surface area (Å²) in [5.41, 5.74) is 13.3.